The van der Waals surface area contributed by atoms with Crippen LogP contribution in [-0.2, 0) is 0 Å². The molecule has 0 aliphatic carbocycles. The van der Waals surface area contributed by atoms with Gasteiger partial charge in [0.2, 0.25) is 0 Å². The van der Waals surface area contributed by atoms with E-state index in [0.29, 0.717) is 0 Å². The molecule has 0 saturated heterocycles. The largest absolute Gasteiger partial charge is 0.309 e. The Balaban J connectivity index is 1.05. The van der Waals surface area contributed by atoms with Gasteiger partial charge in [0, 0.05) is 28.9 Å². The minimum atomic E-state index is 1.12. The average Bonchev–Trinajstić information content (AvgIpc) is 3.64. The molecular formula is C57H36N2. The molecule has 0 atom stereocenters. The fourth-order valence-electron chi connectivity index (χ4n) is 9.43. The van der Waals surface area contributed by atoms with Crippen LogP contribution in [0.2, 0.25) is 0 Å². The highest BCUT2D eigenvalue weighted by molar-refractivity contribution is 6.22. The molecule has 2 aromatic heterocycles. The smallest absolute Gasteiger partial charge is 0.0571 e. The van der Waals surface area contributed by atoms with Gasteiger partial charge in [-0.25, -0.2) is 0 Å². The molecule has 0 spiro atoms. The average molecular weight is 749 g/mol. The van der Waals surface area contributed by atoms with Crippen molar-refractivity contribution >= 4 is 64.9 Å². The summed E-state index contributed by atoms with van der Waals surface area (Å²) in [5, 5.41) is 12.3. The lowest BCUT2D eigenvalue weighted by Crippen LogP contribution is -1.94. The quantitative estimate of drug-likeness (QED) is 0.160. The third kappa shape index (κ3) is 5.45. The molecule has 2 nitrogen and oxygen atoms in total. The van der Waals surface area contributed by atoms with Gasteiger partial charge in [-0.15, -0.1) is 0 Å². The van der Waals surface area contributed by atoms with E-state index < -0.39 is 0 Å². The van der Waals surface area contributed by atoms with Gasteiger partial charge in [-0.3, -0.25) is 4.98 Å². The summed E-state index contributed by atoms with van der Waals surface area (Å²) in [5.41, 5.74) is 13.2. The Bertz CT molecular complexity index is 3600. The number of hydrogen-bond acceptors (Lipinski definition) is 1. The Morgan fingerprint density at radius 1 is 0.288 bits per heavy atom. The zero-order valence-corrected chi connectivity index (χ0v) is 32.2. The van der Waals surface area contributed by atoms with Crippen LogP contribution < -0.4 is 0 Å². The molecule has 12 rings (SSSR count). The Morgan fingerprint density at radius 2 is 0.780 bits per heavy atom. The van der Waals surface area contributed by atoms with E-state index in [4.69, 9.17) is 0 Å². The summed E-state index contributed by atoms with van der Waals surface area (Å²) in [6.07, 6.45) is 3.89. The van der Waals surface area contributed by atoms with E-state index >= 15 is 0 Å². The monoisotopic (exact) mass is 748 g/mol. The predicted octanol–water partition coefficient (Wildman–Crippen LogP) is 15.5. The minimum absolute atomic E-state index is 1.12. The SMILES string of the molecule is c1ccc(-c2ccc3c(c2)c2cnccc2n3-c2ccc(-c3ccc4c(-c5ccc6ccccc6c5)c5ccccc5c(-c5ccc6ccccc6c5)c4c3)cc2)cc1. The zero-order chi connectivity index (χ0) is 38.9. The number of fused-ring (bicyclic) bond motifs is 7. The van der Waals surface area contributed by atoms with Crippen LogP contribution in [0.1, 0.15) is 0 Å². The summed E-state index contributed by atoms with van der Waals surface area (Å²) >= 11 is 0. The molecule has 0 bridgehead atoms. The van der Waals surface area contributed by atoms with E-state index in [1.807, 2.05) is 12.4 Å². The molecule has 2 heteroatoms. The Labute approximate surface area is 341 Å². The highest BCUT2D eigenvalue weighted by Gasteiger charge is 2.19. The molecule has 0 fully saturated rings. The van der Waals surface area contributed by atoms with Gasteiger partial charge in [-0.1, -0.05) is 158 Å². The van der Waals surface area contributed by atoms with Crippen LogP contribution in [0.3, 0.4) is 0 Å². The summed E-state index contributed by atoms with van der Waals surface area (Å²) < 4.78 is 2.37. The van der Waals surface area contributed by atoms with Crippen molar-refractivity contribution in [1.82, 2.24) is 9.55 Å². The van der Waals surface area contributed by atoms with Crippen LogP contribution in [0.25, 0.3) is 115 Å². The van der Waals surface area contributed by atoms with Gasteiger partial charge in [0.05, 0.1) is 11.0 Å². The molecule has 10 aromatic carbocycles. The zero-order valence-electron chi connectivity index (χ0n) is 32.2. The minimum Gasteiger partial charge on any atom is -0.309 e. The number of pyridine rings is 1. The number of benzene rings is 10. The first-order valence-electron chi connectivity index (χ1n) is 20.3. The molecule has 0 radical (unpaired) electrons. The van der Waals surface area contributed by atoms with Crippen LogP contribution >= 0.6 is 0 Å². The van der Waals surface area contributed by atoms with Crippen LogP contribution in [-0.4, -0.2) is 9.55 Å². The third-order valence-corrected chi connectivity index (χ3v) is 12.2. The first-order valence-corrected chi connectivity index (χ1v) is 20.3. The lowest BCUT2D eigenvalue weighted by molar-refractivity contribution is 1.17. The molecule has 0 amide bonds. The summed E-state index contributed by atoms with van der Waals surface area (Å²) in [7, 11) is 0. The van der Waals surface area contributed by atoms with E-state index in [1.165, 1.54) is 98.5 Å². The van der Waals surface area contributed by atoms with Gasteiger partial charge in [-0.2, -0.15) is 0 Å². The summed E-state index contributed by atoms with van der Waals surface area (Å²) in [6, 6.07) is 75.7. The van der Waals surface area contributed by atoms with Crippen molar-refractivity contribution in [1.29, 1.82) is 0 Å². The highest BCUT2D eigenvalue weighted by Crippen LogP contribution is 2.46. The van der Waals surface area contributed by atoms with Gasteiger partial charge in [-0.05, 0) is 136 Å². The molecule has 0 unspecified atom stereocenters. The van der Waals surface area contributed by atoms with Crippen molar-refractivity contribution < 1.29 is 0 Å². The Hall–Kier alpha value is -7.81. The molecule has 12 aromatic rings. The standard InChI is InChI=1S/C57H36N2/c1-2-10-37(11-3-1)44-25-29-54-51(34-44)53-36-58-31-30-55(53)59(54)47-26-22-40(23-27-47)43-24-28-50-52(35-43)57(46-21-19-39-13-5-7-15-42(39)33-46)49-17-9-8-16-48(49)56(50)45-20-18-38-12-4-6-14-41(38)32-45/h1-36H. The normalized spacial score (nSPS) is 11.7. The van der Waals surface area contributed by atoms with E-state index in [0.717, 1.165) is 16.6 Å². The summed E-state index contributed by atoms with van der Waals surface area (Å²) in [6.45, 7) is 0. The molecule has 59 heavy (non-hydrogen) atoms. The van der Waals surface area contributed by atoms with Crippen molar-refractivity contribution in [3.05, 3.63) is 219 Å². The van der Waals surface area contributed by atoms with Crippen molar-refractivity contribution in [2.24, 2.45) is 0 Å². The number of rotatable bonds is 5. The maximum absolute atomic E-state index is 4.54. The molecule has 274 valence electrons. The van der Waals surface area contributed by atoms with E-state index in [-0.39, 0.29) is 0 Å². The molecule has 0 aliphatic rings. The van der Waals surface area contributed by atoms with Crippen LogP contribution in [0.5, 0.6) is 0 Å². The lowest BCUT2D eigenvalue weighted by Gasteiger charge is -2.19. The van der Waals surface area contributed by atoms with Gasteiger partial charge >= 0.3 is 0 Å². The summed E-state index contributed by atoms with van der Waals surface area (Å²) in [5.74, 6) is 0. The van der Waals surface area contributed by atoms with Gasteiger partial charge in [0.15, 0.2) is 0 Å². The first-order chi connectivity index (χ1) is 29.2. The van der Waals surface area contributed by atoms with E-state index in [1.54, 1.807) is 0 Å². The van der Waals surface area contributed by atoms with Crippen molar-refractivity contribution in [3.63, 3.8) is 0 Å². The van der Waals surface area contributed by atoms with Crippen molar-refractivity contribution in [2.75, 3.05) is 0 Å². The molecule has 2 heterocycles. The van der Waals surface area contributed by atoms with Crippen molar-refractivity contribution in [2.45, 2.75) is 0 Å². The maximum atomic E-state index is 4.54. The Morgan fingerprint density at radius 3 is 1.46 bits per heavy atom. The van der Waals surface area contributed by atoms with E-state index in [9.17, 15) is 0 Å². The van der Waals surface area contributed by atoms with Crippen molar-refractivity contribution in [3.8, 4) is 50.2 Å². The lowest BCUT2D eigenvalue weighted by atomic mass is 9.84. The highest BCUT2D eigenvalue weighted by atomic mass is 15.0. The second-order valence-corrected chi connectivity index (χ2v) is 15.6. The van der Waals surface area contributed by atoms with Crippen LogP contribution in [0, 0.1) is 0 Å². The maximum Gasteiger partial charge on any atom is 0.0571 e. The summed E-state index contributed by atoms with van der Waals surface area (Å²) in [4.78, 5) is 4.54. The number of hydrogen-bond donors (Lipinski definition) is 0. The van der Waals surface area contributed by atoms with Gasteiger partial charge < -0.3 is 4.57 Å². The fraction of sp³-hybridized carbons (Fsp3) is 0. The molecule has 0 saturated carbocycles. The topological polar surface area (TPSA) is 17.8 Å². The molecular weight excluding hydrogens is 713 g/mol. The predicted molar refractivity (Wildman–Crippen MR) is 250 cm³/mol. The van der Waals surface area contributed by atoms with Gasteiger partial charge in [0.25, 0.3) is 0 Å². The fourth-order valence-corrected chi connectivity index (χ4v) is 9.43. The molecule has 0 aliphatic heterocycles. The van der Waals surface area contributed by atoms with Crippen LogP contribution in [0.4, 0.5) is 0 Å². The molecule has 0 N–H and O–H groups in total. The third-order valence-electron chi connectivity index (χ3n) is 12.2. The number of nitrogens with zero attached hydrogens (tertiary/aromatic N) is 2. The number of aromatic nitrogens is 2. The first kappa shape index (κ1) is 33.3. The Kier molecular flexibility index (Phi) is 7.57. The van der Waals surface area contributed by atoms with E-state index in [2.05, 4.69) is 216 Å². The second-order valence-electron chi connectivity index (χ2n) is 15.6. The van der Waals surface area contributed by atoms with Gasteiger partial charge in [0.1, 0.15) is 0 Å². The van der Waals surface area contributed by atoms with Crippen LogP contribution in [0.15, 0.2) is 219 Å². The second kappa shape index (κ2) is 13.4.